The maximum Gasteiger partial charge on any atom is 0.134 e. The lowest BCUT2D eigenvalue weighted by Gasteiger charge is -2.39. The Morgan fingerprint density at radius 3 is 2.33 bits per heavy atom. The zero-order valence-corrected chi connectivity index (χ0v) is 13.8. The average Bonchev–Trinajstić information content (AvgIpc) is 2.46. The first-order valence-electron chi connectivity index (χ1n) is 7.93. The van der Waals surface area contributed by atoms with Gasteiger partial charge in [0.15, 0.2) is 0 Å². The molecule has 2 N–H and O–H groups in total. The second-order valence-electron chi connectivity index (χ2n) is 6.86. The number of benzene rings is 1. The van der Waals surface area contributed by atoms with Gasteiger partial charge in [-0.15, -0.1) is 0 Å². The second kappa shape index (κ2) is 5.96. The molecule has 0 radical (unpaired) electrons. The molecule has 0 bridgehead atoms. The fourth-order valence-electron chi connectivity index (χ4n) is 3.81. The van der Waals surface area contributed by atoms with Gasteiger partial charge in [0.25, 0.3) is 0 Å². The molecular formula is C18H28FNO. The third-order valence-electron chi connectivity index (χ3n) is 4.94. The number of ether oxygens (including phenoxy) is 1. The summed E-state index contributed by atoms with van der Waals surface area (Å²) in [4.78, 5) is 0. The maximum atomic E-state index is 14.6. The van der Waals surface area contributed by atoms with Crippen molar-refractivity contribution in [2.75, 3.05) is 13.7 Å². The van der Waals surface area contributed by atoms with Crippen LogP contribution >= 0.6 is 0 Å². The van der Waals surface area contributed by atoms with Crippen LogP contribution in [0.2, 0.25) is 0 Å². The van der Waals surface area contributed by atoms with Gasteiger partial charge in [0.1, 0.15) is 11.4 Å². The van der Waals surface area contributed by atoms with Crippen LogP contribution in [-0.2, 0) is 11.1 Å². The minimum Gasteiger partial charge on any atom is -0.496 e. The Bertz CT molecular complexity index is 499. The van der Waals surface area contributed by atoms with Gasteiger partial charge in [0.05, 0.1) is 7.11 Å². The van der Waals surface area contributed by atoms with Gasteiger partial charge in [0.2, 0.25) is 0 Å². The molecule has 1 aromatic rings. The van der Waals surface area contributed by atoms with Crippen molar-refractivity contribution in [1.29, 1.82) is 0 Å². The van der Waals surface area contributed by atoms with Gasteiger partial charge in [-0.05, 0) is 39.2 Å². The summed E-state index contributed by atoms with van der Waals surface area (Å²) < 4.78 is 20.2. The highest BCUT2D eigenvalue weighted by Gasteiger charge is 2.38. The fraction of sp³-hybridized carbons (Fsp3) is 0.667. The largest absolute Gasteiger partial charge is 0.496 e. The van der Waals surface area contributed by atoms with Crippen LogP contribution in [0.1, 0.15) is 62.6 Å². The summed E-state index contributed by atoms with van der Waals surface area (Å²) in [6, 6.07) is 3.87. The zero-order chi connectivity index (χ0) is 15.7. The van der Waals surface area contributed by atoms with Gasteiger partial charge in [0, 0.05) is 23.1 Å². The minimum atomic E-state index is -1.42. The summed E-state index contributed by atoms with van der Waals surface area (Å²) in [7, 11) is 1.64. The van der Waals surface area contributed by atoms with Gasteiger partial charge < -0.3 is 10.5 Å². The third-order valence-corrected chi connectivity index (χ3v) is 4.94. The first kappa shape index (κ1) is 16.3. The van der Waals surface area contributed by atoms with E-state index in [0.717, 1.165) is 24.0 Å². The molecule has 2 rings (SSSR count). The van der Waals surface area contributed by atoms with E-state index >= 15 is 0 Å². The molecule has 1 aromatic carbocycles. The number of aryl methyl sites for hydroxylation is 1. The molecule has 0 aliphatic heterocycles. The van der Waals surface area contributed by atoms with Crippen molar-refractivity contribution in [2.45, 2.75) is 64.0 Å². The molecular weight excluding hydrogens is 265 g/mol. The van der Waals surface area contributed by atoms with E-state index in [2.05, 4.69) is 6.92 Å². The molecule has 0 heterocycles. The molecule has 0 saturated heterocycles. The second-order valence-corrected chi connectivity index (χ2v) is 6.86. The molecule has 0 amide bonds. The van der Waals surface area contributed by atoms with Crippen LogP contribution in [0, 0.1) is 6.92 Å². The molecule has 0 aromatic heterocycles. The number of halogens is 1. The van der Waals surface area contributed by atoms with Crippen molar-refractivity contribution < 1.29 is 9.13 Å². The number of alkyl halides is 1. The molecule has 1 aliphatic carbocycles. The average molecular weight is 293 g/mol. The number of hydrogen-bond donors (Lipinski definition) is 1. The van der Waals surface area contributed by atoms with Gasteiger partial charge >= 0.3 is 0 Å². The summed E-state index contributed by atoms with van der Waals surface area (Å²) in [5, 5.41) is 0. The van der Waals surface area contributed by atoms with Crippen LogP contribution in [-0.4, -0.2) is 13.7 Å². The molecule has 118 valence electrons. The fourth-order valence-corrected chi connectivity index (χ4v) is 3.81. The lowest BCUT2D eigenvalue weighted by molar-refractivity contribution is 0.210. The van der Waals surface area contributed by atoms with Crippen molar-refractivity contribution in [1.82, 2.24) is 0 Å². The predicted octanol–water partition coefficient (Wildman–Crippen LogP) is 4.37. The van der Waals surface area contributed by atoms with E-state index in [9.17, 15) is 4.39 Å². The lowest BCUT2D eigenvalue weighted by atomic mass is 9.67. The SMILES string of the molecule is COc1c(C(C)(C)F)ccc(C)c1C1(CN)CCCCC1. The molecule has 0 spiro atoms. The highest BCUT2D eigenvalue weighted by molar-refractivity contribution is 5.52. The summed E-state index contributed by atoms with van der Waals surface area (Å²) in [6.45, 7) is 5.85. The predicted molar refractivity (Wildman–Crippen MR) is 85.7 cm³/mol. The first-order chi connectivity index (χ1) is 9.85. The smallest absolute Gasteiger partial charge is 0.134 e. The molecule has 3 heteroatoms. The Labute approximate surface area is 127 Å². The van der Waals surface area contributed by atoms with Crippen LogP contribution in [0.5, 0.6) is 5.75 Å². The number of nitrogens with two attached hydrogens (primary N) is 1. The molecule has 0 atom stereocenters. The maximum absolute atomic E-state index is 14.6. The number of methoxy groups -OCH3 is 1. The minimum absolute atomic E-state index is 0.0606. The van der Waals surface area contributed by atoms with Crippen molar-refractivity contribution in [3.8, 4) is 5.75 Å². The molecule has 0 unspecified atom stereocenters. The van der Waals surface area contributed by atoms with Gasteiger partial charge in [-0.2, -0.15) is 0 Å². The van der Waals surface area contributed by atoms with Crippen LogP contribution in [0.25, 0.3) is 0 Å². The van der Waals surface area contributed by atoms with Crippen molar-refractivity contribution >= 4 is 0 Å². The van der Waals surface area contributed by atoms with Crippen LogP contribution < -0.4 is 10.5 Å². The first-order valence-corrected chi connectivity index (χ1v) is 7.93. The summed E-state index contributed by atoms with van der Waals surface area (Å²) in [6.07, 6.45) is 5.76. The van der Waals surface area contributed by atoms with Crippen molar-refractivity contribution in [2.24, 2.45) is 5.73 Å². The van der Waals surface area contributed by atoms with Crippen LogP contribution in [0.4, 0.5) is 4.39 Å². The highest BCUT2D eigenvalue weighted by Crippen LogP contribution is 2.47. The Hall–Kier alpha value is -1.09. The molecule has 1 saturated carbocycles. The van der Waals surface area contributed by atoms with Crippen LogP contribution in [0.3, 0.4) is 0 Å². The van der Waals surface area contributed by atoms with Crippen molar-refractivity contribution in [3.63, 3.8) is 0 Å². The molecule has 2 nitrogen and oxygen atoms in total. The topological polar surface area (TPSA) is 35.2 Å². The zero-order valence-electron chi connectivity index (χ0n) is 13.8. The van der Waals surface area contributed by atoms with Gasteiger partial charge in [-0.3, -0.25) is 0 Å². The van der Waals surface area contributed by atoms with E-state index in [4.69, 9.17) is 10.5 Å². The number of rotatable bonds is 4. The van der Waals surface area contributed by atoms with Gasteiger partial charge in [-0.25, -0.2) is 4.39 Å². The molecule has 1 fully saturated rings. The Balaban J connectivity index is 2.66. The summed E-state index contributed by atoms with van der Waals surface area (Å²) in [5.74, 6) is 0.704. The Morgan fingerprint density at radius 1 is 1.24 bits per heavy atom. The van der Waals surface area contributed by atoms with E-state index in [1.54, 1.807) is 21.0 Å². The van der Waals surface area contributed by atoms with E-state index in [0.29, 0.717) is 17.9 Å². The third kappa shape index (κ3) is 2.94. The van der Waals surface area contributed by atoms with E-state index in [1.807, 2.05) is 12.1 Å². The van der Waals surface area contributed by atoms with E-state index in [1.165, 1.54) is 19.3 Å². The monoisotopic (exact) mass is 293 g/mol. The normalized spacial score (nSPS) is 18.6. The molecule has 21 heavy (non-hydrogen) atoms. The number of hydrogen-bond acceptors (Lipinski definition) is 2. The standard InChI is InChI=1S/C18H28FNO/c1-13-8-9-14(17(2,3)19)16(21-4)15(13)18(12-20)10-6-5-7-11-18/h8-9H,5-7,10-12,20H2,1-4H3. The molecule has 1 aliphatic rings. The van der Waals surface area contributed by atoms with Crippen LogP contribution in [0.15, 0.2) is 12.1 Å². The lowest BCUT2D eigenvalue weighted by Crippen LogP contribution is -2.38. The summed E-state index contributed by atoms with van der Waals surface area (Å²) >= 11 is 0. The van der Waals surface area contributed by atoms with E-state index in [-0.39, 0.29) is 5.41 Å². The Morgan fingerprint density at radius 2 is 1.86 bits per heavy atom. The summed E-state index contributed by atoms with van der Waals surface area (Å²) in [5.41, 5.74) is 7.62. The quantitative estimate of drug-likeness (QED) is 0.894. The van der Waals surface area contributed by atoms with Gasteiger partial charge in [-0.1, -0.05) is 31.4 Å². The van der Waals surface area contributed by atoms with E-state index < -0.39 is 5.67 Å². The van der Waals surface area contributed by atoms with Crippen molar-refractivity contribution in [3.05, 3.63) is 28.8 Å². The highest BCUT2D eigenvalue weighted by atomic mass is 19.1. The Kier molecular flexibility index (Phi) is 4.62.